The Labute approximate surface area is 231 Å². The SMILES string of the molecule is Cc1cc(-c2ccc3c4c2ccc2ccc5c(-c6cc(C)nc7ccccc67)ccc-3c5c24)c2ccccc2n1. The fraction of sp³-hybridized carbons (Fsp3) is 0.0526. The largest absolute Gasteiger partial charge is 0.253 e. The third-order valence-electron chi connectivity index (χ3n) is 8.70. The summed E-state index contributed by atoms with van der Waals surface area (Å²) in [6.07, 6.45) is 0. The molecule has 0 fully saturated rings. The fourth-order valence-corrected chi connectivity index (χ4v) is 7.09. The van der Waals surface area contributed by atoms with Crippen LogP contribution in [-0.2, 0) is 0 Å². The van der Waals surface area contributed by atoms with Crippen LogP contribution in [0.5, 0.6) is 0 Å². The van der Waals surface area contributed by atoms with Crippen molar-refractivity contribution in [3.05, 3.63) is 121 Å². The Morgan fingerprint density at radius 2 is 0.825 bits per heavy atom. The monoisotopic (exact) mass is 508 g/mol. The van der Waals surface area contributed by atoms with E-state index in [-0.39, 0.29) is 0 Å². The lowest BCUT2D eigenvalue weighted by molar-refractivity contribution is 1.26. The lowest BCUT2D eigenvalue weighted by Gasteiger charge is -2.13. The number of nitrogens with zero attached hydrogens (tertiary/aromatic N) is 2. The zero-order valence-electron chi connectivity index (χ0n) is 22.3. The smallest absolute Gasteiger partial charge is 0.0711 e. The molecule has 0 saturated carbocycles. The van der Waals surface area contributed by atoms with Crippen LogP contribution in [0.25, 0.3) is 87.5 Å². The van der Waals surface area contributed by atoms with Crippen LogP contribution < -0.4 is 0 Å². The molecule has 0 N–H and O–H groups in total. The van der Waals surface area contributed by atoms with Crippen LogP contribution in [0.15, 0.2) is 109 Å². The van der Waals surface area contributed by atoms with Crippen LogP contribution in [-0.4, -0.2) is 9.97 Å². The molecule has 0 unspecified atom stereocenters. The molecule has 2 aromatic heterocycles. The van der Waals surface area contributed by atoms with E-state index in [1.54, 1.807) is 0 Å². The number of benzene rings is 6. The van der Waals surface area contributed by atoms with Gasteiger partial charge in [-0.05, 0) is 104 Å². The predicted octanol–water partition coefficient (Wildman–Crippen LogP) is 10.2. The molecule has 1 aliphatic rings. The Bertz CT molecular complexity index is 2230. The molecule has 0 amide bonds. The molecule has 0 saturated heterocycles. The van der Waals surface area contributed by atoms with Crippen molar-refractivity contribution < 1.29 is 0 Å². The first-order valence-electron chi connectivity index (χ1n) is 13.8. The molecule has 40 heavy (non-hydrogen) atoms. The summed E-state index contributed by atoms with van der Waals surface area (Å²) in [6, 6.07) is 40.0. The van der Waals surface area contributed by atoms with E-state index < -0.39 is 0 Å². The Hall–Kier alpha value is -5.08. The van der Waals surface area contributed by atoms with Gasteiger partial charge in [0.25, 0.3) is 0 Å². The van der Waals surface area contributed by atoms with Crippen molar-refractivity contribution in [2.24, 2.45) is 0 Å². The van der Waals surface area contributed by atoms with Crippen LogP contribution in [0.3, 0.4) is 0 Å². The number of aryl methyl sites for hydroxylation is 2. The van der Waals surface area contributed by atoms with E-state index in [2.05, 4.69) is 123 Å². The lowest BCUT2D eigenvalue weighted by atomic mass is 9.91. The highest BCUT2D eigenvalue weighted by Crippen LogP contribution is 2.52. The quantitative estimate of drug-likeness (QED) is 0.217. The van der Waals surface area contributed by atoms with Gasteiger partial charge in [0.1, 0.15) is 0 Å². The summed E-state index contributed by atoms with van der Waals surface area (Å²) < 4.78 is 0. The van der Waals surface area contributed by atoms with E-state index in [0.717, 1.165) is 22.4 Å². The second-order valence-corrected chi connectivity index (χ2v) is 11.1. The normalized spacial score (nSPS) is 12.2. The van der Waals surface area contributed by atoms with Crippen LogP contribution in [0.1, 0.15) is 11.4 Å². The highest BCUT2D eigenvalue weighted by atomic mass is 14.7. The van der Waals surface area contributed by atoms with Gasteiger partial charge in [0.2, 0.25) is 0 Å². The molecular weight excluding hydrogens is 484 g/mol. The number of fused-ring (bicyclic) bond motifs is 3. The first kappa shape index (κ1) is 21.8. The molecule has 2 heterocycles. The average Bonchev–Trinajstić information content (AvgIpc) is 3.33. The Kier molecular flexibility index (Phi) is 4.22. The van der Waals surface area contributed by atoms with Gasteiger partial charge in [-0.25, -0.2) is 0 Å². The summed E-state index contributed by atoms with van der Waals surface area (Å²) in [5.41, 5.74) is 11.8. The van der Waals surface area contributed by atoms with Crippen LogP contribution in [0, 0.1) is 13.8 Å². The number of aromatic nitrogens is 2. The number of hydrogen-bond acceptors (Lipinski definition) is 2. The van der Waals surface area contributed by atoms with E-state index in [0.29, 0.717) is 0 Å². The highest BCUT2D eigenvalue weighted by molar-refractivity contribution is 6.35. The molecule has 6 aromatic carbocycles. The van der Waals surface area contributed by atoms with Gasteiger partial charge < -0.3 is 0 Å². The van der Waals surface area contributed by atoms with E-state index >= 15 is 0 Å². The van der Waals surface area contributed by atoms with Crippen molar-refractivity contribution in [1.82, 2.24) is 9.97 Å². The standard InChI is InChI=1S/C38H24N2/c1-21-19-32(26-7-3-5-9-34(26)39-21)24-15-17-30-31-18-16-25(33-20-22(2)40-35-10-6-4-8-27(33)35)29-14-12-23-11-13-28(24)37(30)36(23)38(29)31/h3-20H,1-2H3. The van der Waals surface area contributed by atoms with Gasteiger partial charge in [-0.3, -0.25) is 9.97 Å². The van der Waals surface area contributed by atoms with Crippen LogP contribution >= 0.6 is 0 Å². The number of para-hydroxylation sites is 2. The van der Waals surface area contributed by atoms with E-state index in [1.165, 1.54) is 76.5 Å². The number of rotatable bonds is 2. The molecule has 0 atom stereocenters. The second kappa shape index (κ2) is 7.74. The molecular formula is C38H24N2. The maximum absolute atomic E-state index is 4.81. The predicted molar refractivity (Wildman–Crippen MR) is 169 cm³/mol. The topological polar surface area (TPSA) is 25.8 Å². The molecule has 0 bridgehead atoms. The van der Waals surface area contributed by atoms with Gasteiger partial charge in [-0.2, -0.15) is 0 Å². The zero-order chi connectivity index (χ0) is 26.5. The molecule has 2 heteroatoms. The molecule has 2 nitrogen and oxygen atoms in total. The maximum Gasteiger partial charge on any atom is 0.0711 e. The van der Waals surface area contributed by atoms with E-state index in [9.17, 15) is 0 Å². The third-order valence-corrected chi connectivity index (χ3v) is 8.70. The number of hydrogen-bond donors (Lipinski definition) is 0. The summed E-state index contributed by atoms with van der Waals surface area (Å²) in [4.78, 5) is 9.62. The first-order chi connectivity index (χ1) is 19.7. The average molecular weight is 509 g/mol. The molecule has 0 spiro atoms. The van der Waals surface area contributed by atoms with Crippen molar-refractivity contribution in [2.45, 2.75) is 13.8 Å². The lowest BCUT2D eigenvalue weighted by Crippen LogP contribution is -1.90. The second-order valence-electron chi connectivity index (χ2n) is 11.1. The van der Waals surface area contributed by atoms with Crippen molar-refractivity contribution >= 4 is 54.1 Å². The van der Waals surface area contributed by atoms with Crippen molar-refractivity contribution in [2.75, 3.05) is 0 Å². The van der Waals surface area contributed by atoms with Crippen molar-refractivity contribution in [3.63, 3.8) is 0 Å². The molecule has 0 radical (unpaired) electrons. The van der Waals surface area contributed by atoms with Gasteiger partial charge in [0.05, 0.1) is 11.0 Å². The minimum atomic E-state index is 1.04. The van der Waals surface area contributed by atoms with Gasteiger partial charge in [0.15, 0.2) is 0 Å². The number of pyridine rings is 2. The van der Waals surface area contributed by atoms with Gasteiger partial charge in [-0.15, -0.1) is 0 Å². The Morgan fingerprint density at radius 1 is 0.375 bits per heavy atom. The molecule has 0 aliphatic heterocycles. The van der Waals surface area contributed by atoms with Crippen molar-refractivity contribution in [3.8, 4) is 33.4 Å². The fourth-order valence-electron chi connectivity index (χ4n) is 7.09. The van der Waals surface area contributed by atoms with E-state index in [4.69, 9.17) is 9.97 Å². The van der Waals surface area contributed by atoms with Crippen LogP contribution in [0.2, 0.25) is 0 Å². The van der Waals surface area contributed by atoms with Gasteiger partial charge in [-0.1, -0.05) is 84.9 Å². The first-order valence-corrected chi connectivity index (χ1v) is 13.8. The van der Waals surface area contributed by atoms with Gasteiger partial charge in [0, 0.05) is 22.2 Å². The summed E-state index contributed by atoms with van der Waals surface area (Å²) >= 11 is 0. The molecule has 1 aliphatic carbocycles. The molecule has 186 valence electrons. The van der Waals surface area contributed by atoms with Gasteiger partial charge >= 0.3 is 0 Å². The molecule has 8 aromatic rings. The summed E-state index contributed by atoms with van der Waals surface area (Å²) in [5, 5.41) is 10.4. The third kappa shape index (κ3) is 2.83. The minimum absolute atomic E-state index is 1.04. The summed E-state index contributed by atoms with van der Waals surface area (Å²) in [7, 11) is 0. The maximum atomic E-state index is 4.81. The molecule has 9 rings (SSSR count). The Balaban J connectivity index is 1.39. The highest BCUT2D eigenvalue weighted by Gasteiger charge is 2.24. The van der Waals surface area contributed by atoms with E-state index in [1.807, 2.05) is 0 Å². The van der Waals surface area contributed by atoms with Crippen LogP contribution in [0.4, 0.5) is 0 Å². The Morgan fingerprint density at radius 3 is 1.32 bits per heavy atom. The van der Waals surface area contributed by atoms with Crippen molar-refractivity contribution in [1.29, 1.82) is 0 Å². The summed E-state index contributed by atoms with van der Waals surface area (Å²) in [5.74, 6) is 0. The minimum Gasteiger partial charge on any atom is -0.253 e. The summed E-state index contributed by atoms with van der Waals surface area (Å²) in [6.45, 7) is 4.18. The zero-order valence-corrected chi connectivity index (χ0v) is 22.3.